The summed E-state index contributed by atoms with van der Waals surface area (Å²) in [5.74, 6) is -0.184. The smallest absolute Gasteiger partial charge is 0.248 e. The maximum Gasteiger partial charge on any atom is 0.248 e. The molecule has 2 aromatic rings. The van der Waals surface area contributed by atoms with Crippen molar-refractivity contribution in [2.45, 2.75) is 32.4 Å². The molecule has 4 N–H and O–H groups in total. The van der Waals surface area contributed by atoms with Crippen molar-refractivity contribution in [1.29, 1.82) is 0 Å². The van der Waals surface area contributed by atoms with Crippen LogP contribution in [0.2, 0.25) is 0 Å². The highest BCUT2D eigenvalue weighted by molar-refractivity contribution is 5.84. The lowest BCUT2D eigenvalue weighted by atomic mass is 10.1. The Hall–Kier alpha value is -2.14. The Labute approximate surface area is 117 Å². The number of fused-ring (bicyclic) bond motifs is 1. The first-order chi connectivity index (χ1) is 9.61. The molecule has 1 aromatic carbocycles. The van der Waals surface area contributed by atoms with Crippen molar-refractivity contribution in [3.05, 3.63) is 46.2 Å². The second-order valence-corrected chi connectivity index (χ2v) is 4.82. The summed E-state index contributed by atoms with van der Waals surface area (Å²) in [7, 11) is 0. The monoisotopic (exact) mass is 273 g/mol. The second kappa shape index (κ2) is 6.34. The number of amides is 1. The van der Waals surface area contributed by atoms with Crippen LogP contribution in [0.1, 0.15) is 25.3 Å². The molecule has 2 rings (SSSR count). The molecule has 0 radical (unpaired) electrons. The van der Waals surface area contributed by atoms with E-state index in [1.807, 2.05) is 31.2 Å². The summed E-state index contributed by atoms with van der Waals surface area (Å²) in [5.41, 5.74) is 7.14. The molecule has 1 heterocycles. The number of hydrogen-bond acceptors (Lipinski definition) is 3. The maximum absolute atomic E-state index is 11.8. The predicted molar refractivity (Wildman–Crippen MR) is 79.3 cm³/mol. The number of benzene rings is 1. The molecule has 0 saturated carbocycles. The number of para-hydroxylation sites is 1. The molecule has 106 valence electrons. The van der Waals surface area contributed by atoms with Crippen LogP contribution in [0.3, 0.4) is 0 Å². The number of pyridine rings is 1. The van der Waals surface area contributed by atoms with Gasteiger partial charge in [0.15, 0.2) is 0 Å². The normalized spacial score (nSPS) is 12.3. The maximum atomic E-state index is 11.8. The van der Waals surface area contributed by atoms with Crippen molar-refractivity contribution in [3.63, 3.8) is 0 Å². The lowest BCUT2D eigenvalue weighted by molar-refractivity contribution is -0.122. The van der Waals surface area contributed by atoms with Crippen LogP contribution in [0, 0.1) is 0 Å². The van der Waals surface area contributed by atoms with E-state index in [0.717, 1.165) is 22.9 Å². The van der Waals surface area contributed by atoms with Crippen LogP contribution in [-0.2, 0) is 11.3 Å². The molecular weight excluding hydrogens is 254 g/mol. The van der Waals surface area contributed by atoms with Gasteiger partial charge in [-0.2, -0.15) is 0 Å². The van der Waals surface area contributed by atoms with E-state index in [2.05, 4.69) is 10.3 Å². The number of hydrogen-bond donors (Lipinski definition) is 3. The number of aromatic nitrogens is 1. The van der Waals surface area contributed by atoms with Crippen molar-refractivity contribution in [1.82, 2.24) is 10.3 Å². The largest absolute Gasteiger partial charge is 0.351 e. The van der Waals surface area contributed by atoms with E-state index in [1.54, 1.807) is 0 Å². The minimum absolute atomic E-state index is 0.175. The minimum atomic E-state index is -0.492. The van der Waals surface area contributed by atoms with E-state index in [9.17, 15) is 9.59 Å². The Bertz CT molecular complexity index is 663. The predicted octanol–water partition coefficient (Wildman–Crippen LogP) is 1.27. The first-order valence-corrected chi connectivity index (χ1v) is 6.76. The summed E-state index contributed by atoms with van der Waals surface area (Å²) in [6, 6.07) is 8.53. The molecule has 5 nitrogen and oxygen atoms in total. The molecule has 1 amide bonds. The molecule has 1 aromatic heterocycles. The zero-order valence-corrected chi connectivity index (χ0v) is 11.5. The number of H-pyrrole nitrogens is 1. The molecule has 0 spiro atoms. The Morgan fingerprint density at radius 1 is 1.40 bits per heavy atom. The Balaban J connectivity index is 2.18. The zero-order chi connectivity index (χ0) is 14.5. The van der Waals surface area contributed by atoms with Gasteiger partial charge in [0.05, 0.1) is 6.04 Å². The fraction of sp³-hybridized carbons (Fsp3) is 0.333. The van der Waals surface area contributed by atoms with Gasteiger partial charge in [0.1, 0.15) is 0 Å². The van der Waals surface area contributed by atoms with Crippen LogP contribution >= 0.6 is 0 Å². The van der Waals surface area contributed by atoms with Gasteiger partial charge in [-0.05, 0) is 18.1 Å². The van der Waals surface area contributed by atoms with Gasteiger partial charge in [-0.25, -0.2) is 0 Å². The molecule has 5 heteroatoms. The van der Waals surface area contributed by atoms with Crippen LogP contribution in [0.4, 0.5) is 0 Å². The van der Waals surface area contributed by atoms with Crippen molar-refractivity contribution in [2.24, 2.45) is 5.73 Å². The fourth-order valence-electron chi connectivity index (χ4n) is 2.18. The highest BCUT2D eigenvalue weighted by Gasteiger charge is 2.12. The molecule has 0 aliphatic rings. The van der Waals surface area contributed by atoms with E-state index in [0.29, 0.717) is 13.0 Å². The van der Waals surface area contributed by atoms with Crippen molar-refractivity contribution < 1.29 is 4.79 Å². The molecule has 0 fully saturated rings. The Morgan fingerprint density at radius 2 is 2.15 bits per heavy atom. The summed E-state index contributed by atoms with van der Waals surface area (Å²) in [6.07, 6.45) is 1.52. The topological polar surface area (TPSA) is 88.0 Å². The van der Waals surface area contributed by atoms with Gasteiger partial charge in [-0.3, -0.25) is 9.59 Å². The zero-order valence-electron chi connectivity index (χ0n) is 11.5. The molecule has 0 saturated heterocycles. The number of nitrogens with two attached hydrogens (primary N) is 1. The van der Waals surface area contributed by atoms with E-state index in [-0.39, 0.29) is 11.5 Å². The van der Waals surface area contributed by atoms with Gasteiger partial charge in [0, 0.05) is 23.5 Å². The van der Waals surface area contributed by atoms with Gasteiger partial charge >= 0.3 is 0 Å². The van der Waals surface area contributed by atoms with Gasteiger partial charge in [-0.15, -0.1) is 0 Å². The van der Waals surface area contributed by atoms with Crippen molar-refractivity contribution in [3.8, 4) is 0 Å². The lowest BCUT2D eigenvalue weighted by Crippen LogP contribution is -2.40. The molecule has 0 bridgehead atoms. The van der Waals surface area contributed by atoms with Crippen LogP contribution < -0.4 is 16.6 Å². The van der Waals surface area contributed by atoms with Crippen LogP contribution in [0.15, 0.2) is 35.1 Å². The number of carbonyl (C=O) groups excluding carboxylic acids is 1. The average molecular weight is 273 g/mol. The SMILES string of the molecule is CCCC(N)C(=O)NCc1cc(=O)[nH]c2ccccc12. The standard InChI is InChI=1S/C15H19N3O2/c1-2-5-12(16)15(20)17-9-10-8-14(19)18-13-7-4-3-6-11(10)13/h3-4,6-8,12H,2,5,9,16H2,1H3,(H,17,20)(H,18,19). The summed E-state index contributed by atoms with van der Waals surface area (Å²) >= 11 is 0. The molecule has 1 unspecified atom stereocenters. The lowest BCUT2D eigenvalue weighted by Gasteiger charge is -2.12. The molecule has 0 aliphatic heterocycles. The third-order valence-corrected chi connectivity index (χ3v) is 3.23. The van der Waals surface area contributed by atoms with Crippen LogP contribution in [0.5, 0.6) is 0 Å². The van der Waals surface area contributed by atoms with E-state index < -0.39 is 6.04 Å². The van der Waals surface area contributed by atoms with Gasteiger partial charge in [0.2, 0.25) is 11.5 Å². The minimum Gasteiger partial charge on any atom is -0.351 e. The number of aromatic amines is 1. The molecule has 0 aliphatic carbocycles. The Kier molecular flexibility index (Phi) is 4.53. The van der Waals surface area contributed by atoms with E-state index >= 15 is 0 Å². The summed E-state index contributed by atoms with van der Waals surface area (Å²) in [4.78, 5) is 26.2. The third-order valence-electron chi connectivity index (χ3n) is 3.23. The molecule has 1 atom stereocenters. The first-order valence-electron chi connectivity index (χ1n) is 6.76. The fourth-order valence-corrected chi connectivity index (χ4v) is 2.18. The second-order valence-electron chi connectivity index (χ2n) is 4.82. The van der Waals surface area contributed by atoms with E-state index in [4.69, 9.17) is 5.73 Å². The molecule has 20 heavy (non-hydrogen) atoms. The van der Waals surface area contributed by atoms with Crippen LogP contribution in [-0.4, -0.2) is 16.9 Å². The van der Waals surface area contributed by atoms with Gasteiger partial charge < -0.3 is 16.0 Å². The molecular formula is C15H19N3O2. The summed E-state index contributed by atoms with van der Waals surface area (Å²) < 4.78 is 0. The van der Waals surface area contributed by atoms with Gasteiger partial charge in [0.25, 0.3) is 0 Å². The Morgan fingerprint density at radius 3 is 2.90 bits per heavy atom. The highest BCUT2D eigenvalue weighted by Crippen LogP contribution is 2.14. The quantitative estimate of drug-likeness (QED) is 0.766. The average Bonchev–Trinajstić information content (AvgIpc) is 2.44. The first kappa shape index (κ1) is 14.3. The number of nitrogens with one attached hydrogen (secondary N) is 2. The van der Waals surface area contributed by atoms with Gasteiger partial charge in [-0.1, -0.05) is 31.5 Å². The van der Waals surface area contributed by atoms with Crippen molar-refractivity contribution in [2.75, 3.05) is 0 Å². The summed E-state index contributed by atoms with van der Waals surface area (Å²) in [5, 5.41) is 3.71. The summed E-state index contributed by atoms with van der Waals surface area (Å²) in [6.45, 7) is 2.29. The number of carbonyl (C=O) groups is 1. The van der Waals surface area contributed by atoms with Crippen molar-refractivity contribution >= 4 is 16.8 Å². The third kappa shape index (κ3) is 3.24. The number of rotatable bonds is 5. The highest BCUT2D eigenvalue weighted by atomic mass is 16.2. The van der Waals surface area contributed by atoms with E-state index in [1.165, 1.54) is 6.07 Å². The van der Waals surface area contributed by atoms with Crippen LogP contribution in [0.25, 0.3) is 10.9 Å².